The van der Waals surface area contributed by atoms with Crippen molar-refractivity contribution in [1.29, 1.82) is 0 Å². The molecule has 0 aliphatic carbocycles. The molecule has 0 saturated carbocycles. The second-order valence-corrected chi connectivity index (χ2v) is 6.06. The Morgan fingerprint density at radius 1 is 1.42 bits per heavy atom. The van der Waals surface area contributed by atoms with Crippen molar-refractivity contribution in [3.63, 3.8) is 0 Å². The van der Waals surface area contributed by atoms with Crippen LogP contribution in [0.25, 0.3) is 5.69 Å². The highest BCUT2D eigenvalue weighted by atomic mass is 35.5. The van der Waals surface area contributed by atoms with E-state index >= 15 is 0 Å². The van der Waals surface area contributed by atoms with Gasteiger partial charge in [0.15, 0.2) is 5.69 Å². The maximum Gasteiger partial charge on any atom is 0.407 e. The Kier molecular flexibility index (Phi) is 4.66. The van der Waals surface area contributed by atoms with E-state index in [1.165, 1.54) is 15.8 Å². The predicted octanol–water partition coefficient (Wildman–Crippen LogP) is 1.65. The second-order valence-electron chi connectivity index (χ2n) is 5.62. The first-order valence-corrected chi connectivity index (χ1v) is 7.85. The minimum Gasteiger partial charge on any atom is -0.465 e. The Bertz CT molecular complexity index is 763. The lowest BCUT2D eigenvalue weighted by Crippen LogP contribution is -2.32. The van der Waals surface area contributed by atoms with Gasteiger partial charge in [0, 0.05) is 24.7 Å². The van der Waals surface area contributed by atoms with Gasteiger partial charge in [-0.05, 0) is 30.5 Å². The van der Waals surface area contributed by atoms with E-state index in [9.17, 15) is 9.59 Å². The van der Waals surface area contributed by atoms with Crippen molar-refractivity contribution in [2.24, 2.45) is 5.92 Å². The number of nitrogens with one attached hydrogen (secondary N) is 1. The van der Waals surface area contributed by atoms with Crippen molar-refractivity contribution in [3.05, 3.63) is 41.2 Å². The van der Waals surface area contributed by atoms with E-state index in [0.717, 1.165) is 6.42 Å². The average molecular weight is 350 g/mol. The monoisotopic (exact) mass is 349 g/mol. The highest BCUT2D eigenvalue weighted by molar-refractivity contribution is 6.30. The quantitative estimate of drug-likeness (QED) is 0.874. The summed E-state index contributed by atoms with van der Waals surface area (Å²) in [5.74, 6) is -0.218. The summed E-state index contributed by atoms with van der Waals surface area (Å²) in [4.78, 5) is 24.4. The first-order chi connectivity index (χ1) is 11.5. The minimum absolute atomic E-state index is 0.119. The van der Waals surface area contributed by atoms with Crippen LogP contribution in [0, 0.1) is 5.92 Å². The first kappa shape index (κ1) is 16.3. The lowest BCUT2D eigenvalue weighted by atomic mass is 10.1. The molecule has 1 fully saturated rings. The molecule has 2 aromatic rings. The molecule has 8 nitrogen and oxygen atoms in total. The van der Waals surface area contributed by atoms with Crippen molar-refractivity contribution >= 4 is 23.6 Å². The van der Waals surface area contributed by atoms with Gasteiger partial charge >= 0.3 is 6.09 Å². The van der Waals surface area contributed by atoms with Gasteiger partial charge in [-0.15, -0.1) is 5.10 Å². The van der Waals surface area contributed by atoms with Crippen LogP contribution in [0.5, 0.6) is 0 Å². The van der Waals surface area contributed by atoms with E-state index < -0.39 is 6.09 Å². The Labute approximate surface area is 143 Å². The van der Waals surface area contributed by atoms with E-state index in [1.807, 2.05) is 0 Å². The number of rotatable bonds is 4. The summed E-state index contributed by atoms with van der Waals surface area (Å²) in [5.41, 5.74) is 0.907. The van der Waals surface area contributed by atoms with Gasteiger partial charge in [0.05, 0.1) is 11.9 Å². The van der Waals surface area contributed by atoms with Crippen molar-refractivity contribution in [2.75, 3.05) is 19.6 Å². The summed E-state index contributed by atoms with van der Waals surface area (Å²) in [6.07, 6.45) is 1.34. The lowest BCUT2D eigenvalue weighted by molar-refractivity contribution is 0.0942. The molecule has 24 heavy (non-hydrogen) atoms. The Hall–Kier alpha value is -2.61. The van der Waals surface area contributed by atoms with Crippen LogP contribution in [0.2, 0.25) is 5.02 Å². The highest BCUT2D eigenvalue weighted by Gasteiger charge is 2.26. The number of halogens is 1. The molecule has 1 aliphatic heterocycles. The van der Waals surface area contributed by atoms with Gasteiger partial charge in [0.2, 0.25) is 0 Å². The molecule has 0 bridgehead atoms. The van der Waals surface area contributed by atoms with Crippen LogP contribution >= 0.6 is 11.6 Å². The zero-order valence-corrected chi connectivity index (χ0v) is 13.5. The van der Waals surface area contributed by atoms with Crippen LogP contribution in [-0.2, 0) is 0 Å². The number of nitrogens with zero attached hydrogens (tertiary/aromatic N) is 4. The molecule has 2 N–H and O–H groups in total. The third-order valence-corrected chi connectivity index (χ3v) is 4.14. The van der Waals surface area contributed by atoms with Gasteiger partial charge in [-0.2, -0.15) is 0 Å². The number of hydrogen-bond acceptors (Lipinski definition) is 4. The summed E-state index contributed by atoms with van der Waals surface area (Å²) in [6.45, 7) is 1.35. The van der Waals surface area contributed by atoms with Crippen molar-refractivity contribution in [1.82, 2.24) is 25.2 Å². The maximum absolute atomic E-state index is 12.1. The third-order valence-electron chi connectivity index (χ3n) is 3.91. The maximum atomic E-state index is 12.1. The fourth-order valence-electron chi connectivity index (χ4n) is 2.61. The minimum atomic E-state index is -0.923. The standard InChI is InChI=1S/C15H16ClN5O3/c16-11-2-1-3-12(6-11)21-9-13(18-19-21)14(22)17-7-10-4-5-20(8-10)15(23)24/h1-3,6,9-10H,4-5,7-8H2,(H,17,22)(H,23,24)/t10-/m1/s1. The molecule has 2 heterocycles. The van der Waals surface area contributed by atoms with Crippen LogP contribution in [0.15, 0.2) is 30.5 Å². The van der Waals surface area contributed by atoms with Gasteiger partial charge in [-0.25, -0.2) is 9.48 Å². The smallest absolute Gasteiger partial charge is 0.407 e. The molecule has 1 atom stereocenters. The lowest BCUT2D eigenvalue weighted by Gasteiger charge is -2.12. The Morgan fingerprint density at radius 3 is 2.96 bits per heavy atom. The molecule has 1 aliphatic rings. The molecule has 126 valence electrons. The SMILES string of the molecule is O=C(NC[C@H]1CCN(C(=O)O)C1)c1cn(-c2cccc(Cl)c2)nn1. The van der Waals surface area contributed by atoms with E-state index in [2.05, 4.69) is 15.6 Å². The van der Waals surface area contributed by atoms with Crippen molar-refractivity contribution in [3.8, 4) is 5.69 Å². The fraction of sp³-hybridized carbons (Fsp3) is 0.333. The van der Waals surface area contributed by atoms with Gasteiger partial charge < -0.3 is 15.3 Å². The van der Waals surface area contributed by atoms with Gasteiger partial charge in [-0.3, -0.25) is 4.79 Å². The topological polar surface area (TPSA) is 100 Å². The molecule has 2 amide bonds. The van der Waals surface area contributed by atoms with E-state index in [4.69, 9.17) is 16.7 Å². The summed E-state index contributed by atoms with van der Waals surface area (Å²) < 4.78 is 1.47. The summed E-state index contributed by atoms with van der Waals surface area (Å²) in [6, 6.07) is 7.06. The first-order valence-electron chi connectivity index (χ1n) is 7.47. The fourth-order valence-corrected chi connectivity index (χ4v) is 2.80. The number of aromatic nitrogens is 3. The zero-order valence-electron chi connectivity index (χ0n) is 12.7. The van der Waals surface area contributed by atoms with E-state index in [1.54, 1.807) is 24.3 Å². The average Bonchev–Trinajstić information content (AvgIpc) is 3.22. The molecular formula is C15H16ClN5O3. The molecule has 3 rings (SSSR count). The molecule has 1 saturated heterocycles. The van der Waals surface area contributed by atoms with Crippen molar-refractivity contribution < 1.29 is 14.7 Å². The number of hydrogen-bond donors (Lipinski definition) is 2. The van der Waals surface area contributed by atoms with Crippen LogP contribution in [0.4, 0.5) is 4.79 Å². The molecule has 1 aromatic carbocycles. The number of carbonyl (C=O) groups is 2. The highest BCUT2D eigenvalue weighted by Crippen LogP contribution is 2.16. The van der Waals surface area contributed by atoms with Gasteiger partial charge in [0.1, 0.15) is 0 Å². The summed E-state index contributed by atoms with van der Waals surface area (Å²) >= 11 is 5.93. The van der Waals surface area contributed by atoms with Crippen LogP contribution in [-0.4, -0.2) is 56.6 Å². The molecule has 0 spiro atoms. The Balaban J connectivity index is 1.57. The van der Waals surface area contributed by atoms with Gasteiger partial charge in [0.25, 0.3) is 5.91 Å². The van der Waals surface area contributed by atoms with Crippen molar-refractivity contribution in [2.45, 2.75) is 6.42 Å². The molecular weight excluding hydrogens is 334 g/mol. The largest absolute Gasteiger partial charge is 0.465 e. The van der Waals surface area contributed by atoms with E-state index in [-0.39, 0.29) is 17.5 Å². The van der Waals surface area contributed by atoms with Crippen LogP contribution in [0.1, 0.15) is 16.9 Å². The van der Waals surface area contributed by atoms with Crippen LogP contribution < -0.4 is 5.32 Å². The number of benzene rings is 1. The number of carboxylic acid groups (broad SMARTS) is 1. The van der Waals surface area contributed by atoms with Gasteiger partial charge in [-0.1, -0.05) is 22.9 Å². The summed E-state index contributed by atoms with van der Waals surface area (Å²) in [7, 11) is 0. The van der Waals surface area contributed by atoms with Crippen LogP contribution in [0.3, 0.4) is 0 Å². The molecule has 9 heteroatoms. The van der Waals surface area contributed by atoms with E-state index in [0.29, 0.717) is 30.3 Å². The normalized spacial score (nSPS) is 17.0. The molecule has 0 radical (unpaired) electrons. The summed E-state index contributed by atoms with van der Waals surface area (Å²) in [5, 5.41) is 20.1. The zero-order chi connectivity index (χ0) is 17.1. The predicted molar refractivity (Wildman–Crippen MR) is 86.4 cm³/mol. The number of amides is 2. The second kappa shape index (κ2) is 6.88. The third kappa shape index (κ3) is 3.65. The Morgan fingerprint density at radius 2 is 2.25 bits per heavy atom. The molecule has 0 unspecified atom stereocenters. The number of likely N-dealkylation sites (tertiary alicyclic amines) is 1. The number of carbonyl (C=O) groups excluding carboxylic acids is 1. The molecule has 1 aromatic heterocycles.